The van der Waals surface area contributed by atoms with E-state index in [4.69, 9.17) is 4.74 Å². The molecule has 2 nitrogen and oxygen atoms in total. The molecule has 3 heteroatoms. The van der Waals surface area contributed by atoms with E-state index in [2.05, 4.69) is 82.5 Å². The molecule has 0 bridgehead atoms. The predicted octanol–water partition coefficient (Wildman–Crippen LogP) is 5.52. The van der Waals surface area contributed by atoms with Crippen LogP contribution in [-0.4, -0.2) is 6.61 Å². The van der Waals surface area contributed by atoms with Gasteiger partial charge in [0.1, 0.15) is 5.75 Å². The number of benzene rings is 2. The quantitative estimate of drug-likeness (QED) is 0.525. The van der Waals surface area contributed by atoms with Crippen LogP contribution in [0, 0.1) is 9.49 Å². The van der Waals surface area contributed by atoms with Crippen LogP contribution < -0.4 is 10.1 Å². The molecule has 0 saturated heterocycles. The summed E-state index contributed by atoms with van der Waals surface area (Å²) >= 11 is 2.40. The Morgan fingerprint density at radius 1 is 1.17 bits per heavy atom. The van der Waals surface area contributed by atoms with Crippen molar-refractivity contribution in [2.45, 2.75) is 25.3 Å². The number of hydrogen-bond acceptors (Lipinski definition) is 2. The number of fused-ring (bicyclic) bond motifs is 3. The summed E-state index contributed by atoms with van der Waals surface area (Å²) in [6.45, 7) is 2.74. The summed E-state index contributed by atoms with van der Waals surface area (Å²) in [4.78, 5) is 0. The van der Waals surface area contributed by atoms with Gasteiger partial charge in [-0.3, -0.25) is 0 Å². The van der Waals surface area contributed by atoms with E-state index in [1.807, 2.05) is 6.92 Å². The Hall–Kier alpha value is -1.49. The zero-order chi connectivity index (χ0) is 15.8. The van der Waals surface area contributed by atoms with Gasteiger partial charge >= 0.3 is 0 Å². The SMILES string of the molecule is CCOc1ccccc1C1Nc2ccc(I)cc2C2C=CCC21. The molecule has 2 aliphatic rings. The monoisotopic (exact) mass is 417 g/mol. The smallest absolute Gasteiger partial charge is 0.124 e. The van der Waals surface area contributed by atoms with Crippen LogP contribution in [0.1, 0.15) is 36.4 Å². The normalized spacial score (nSPS) is 24.7. The molecule has 0 radical (unpaired) electrons. The van der Waals surface area contributed by atoms with Crippen LogP contribution in [0.15, 0.2) is 54.6 Å². The van der Waals surface area contributed by atoms with Crippen molar-refractivity contribution in [2.24, 2.45) is 5.92 Å². The Morgan fingerprint density at radius 3 is 2.91 bits per heavy atom. The Morgan fingerprint density at radius 2 is 2.04 bits per heavy atom. The lowest BCUT2D eigenvalue weighted by Crippen LogP contribution is -2.29. The molecule has 2 aromatic rings. The third-order valence-corrected chi connectivity index (χ3v) is 5.55. The number of anilines is 1. The van der Waals surface area contributed by atoms with Crippen LogP contribution in [-0.2, 0) is 0 Å². The molecule has 4 rings (SSSR count). The second-order valence-corrected chi connectivity index (χ2v) is 7.42. The lowest BCUT2D eigenvalue weighted by Gasteiger charge is -2.38. The molecule has 1 aliphatic heterocycles. The van der Waals surface area contributed by atoms with Gasteiger partial charge in [0.15, 0.2) is 0 Å². The third kappa shape index (κ3) is 2.65. The second kappa shape index (κ2) is 6.19. The predicted molar refractivity (Wildman–Crippen MR) is 103 cm³/mol. The van der Waals surface area contributed by atoms with Crippen LogP contribution in [0.4, 0.5) is 5.69 Å². The van der Waals surface area contributed by atoms with E-state index in [0.717, 1.165) is 12.2 Å². The molecule has 0 spiro atoms. The molecule has 23 heavy (non-hydrogen) atoms. The fourth-order valence-corrected chi connectivity index (χ4v) is 4.41. The van der Waals surface area contributed by atoms with Crippen molar-refractivity contribution in [3.05, 3.63) is 69.3 Å². The summed E-state index contributed by atoms with van der Waals surface area (Å²) in [7, 11) is 0. The molecule has 1 N–H and O–H groups in total. The molecular formula is C20H20INO. The number of halogens is 1. The maximum Gasteiger partial charge on any atom is 0.124 e. The van der Waals surface area contributed by atoms with Gasteiger partial charge in [-0.25, -0.2) is 0 Å². The highest BCUT2D eigenvalue weighted by Crippen LogP contribution is 2.51. The first-order chi connectivity index (χ1) is 11.3. The molecule has 2 aromatic carbocycles. The van der Waals surface area contributed by atoms with Gasteiger partial charge in [0, 0.05) is 20.7 Å². The number of nitrogens with one attached hydrogen (secondary N) is 1. The van der Waals surface area contributed by atoms with Crippen molar-refractivity contribution < 1.29 is 4.74 Å². The average molecular weight is 417 g/mol. The lowest BCUT2D eigenvalue weighted by atomic mass is 9.77. The summed E-state index contributed by atoms with van der Waals surface area (Å²) in [5.41, 5.74) is 3.97. The van der Waals surface area contributed by atoms with Crippen molar-refractivity contribution in [1.82, 2.24) is 0 Å². The molecule has 3 atom stereocenters. The van der Waals surface area contributed by atoms with Crippen molar-refractivity contribution in [3.8, 4) is 5.75 Å². The maximum absolute atomic E-state index is 5.88. The van der Waals surface area contributed by atoms with Crippen LogP contribution in [0.2, 0.25) is 0 Å². The average Bonchev–Trinajstić information content (AvgIpc) is 3.05. The highest BCUT2D eigenvalue weighted by atomic mass is 127. The maximum atomic E-state index is 5.88. The fourth-order valence-electron chi connectivity index (χ4n) is 3.90. The Balaban J connectivity index is 1.78. The van der Waals surface area contributed by atoms with Gasteiger partial charge < -0.3 is 10.1 Å². The third-order valence-electron chi connectivity index (χ3n) is 4.88. The van der Waals surface area contributed by atoms with E-state index in [9.17, 15) is 0 Å². The Kier molecular flexibility index (Phi) is 4.05. The summed E-state index contributed by atoms with van der Waals surface area (Å²) < 4.78 is 7.19. The topological polar surface area (TPSA) is 21.3 Å². The van der Waals surface area contributed by atoms with Gasteiger partial charge in [0.05, 0.1) is 12.6 Å². The molecule has 3 unspecified atom stereocenters. The van der Waals surface area contributed by atoms with Crippen LogP contribution in [0.5, 0.6) is 5.75 Å². The van der Waals surface area contributed by atoms with E-state index in [1.54, 1.807) is 0 Å². The van der Waals surface area contributed by atoms with Gasteiger partial charge in [0.25, 0.3) is 0 Å². The number of para-hydroxylation sites is 1. The second-order valence-electron chi connectivity index (χ2n) is 6.18. The van der Waals surface area contributed by atoms with E-state index in [-0.39, 0.29) is 0 Å². The summed E-state index contributed by atoms with van der Waals surface area (Å²) in [6.07, 6.45) is 5.84. The number of ether oxygens (including phenoxy) is 1. The fraction of sp³-hybridized carbons (Fsp3) is 0.300. The van der Waals surface area contributed by atoms with E-state index in [0.29, 0.717) is 24.5 Å². The van der Waals surface area contributed by atoms with Crippen LogP contribution in [0.25, 0.3) is 0 Å². The van der Waals surface area contributed by atoms with E-state index >= 15 is 0 Å². The molecule has 0 fully saturated rings. The first-order valence-corrected chi connectivity index (χ1v) is 9.30. The lowest BCUT2D eigenvalue weighted by molar-refractivity contribution is 0.326. The number of rotatable bonds is 3. The Bertz CT molecular complexity index is 755. The standard InChI is InChI=1S/C20H20INO/c1-2-23-19-9-4-3-6-16(19)20-15-8-5-7-14(15)17-12-13(21)10-11-18(17)22-20/h3-7,9-12,14-15,20,22H,2,8H2,1H3. The first kappa shape index (κ1) is 15.1. The molecule has 0 saturated carbocycles. The van der Waals surface area contributed by atoms with Gasteiger partial charge in [-0.15, -0.1) is 0 Å². The Labute approximate surface area is 151 Å². The number of hydrogen-bond donors (Lipinski definition) is 1. The van der Waals surface area contributed by atoms with Crippen molar-refractivity contribution in [1.29, 1.82) is 0 Å². The molecular weight excluding hydrogens is 397 g/mol. The van der Waals surface area contributed by atoms with E-state index in [1.165, 1.54) is 20.4 Å². The highest BCUT2D eigenvalue weighted by molar-refractivity contribution is 14.1. The zero-order valence-electron chi connectivity index (χ0n) is 13.1. The zero-order valence-corrected chi connectivity index (χ0v) is 15.3. The molecule has 1 heterocycles. The molecule has 0 amide bonds. The molecule has 0 aromatic heterocycles. The summed E-state index contributed by atoms with van der Waals surface area (Å²) in [5, 5.41) is 3.79. The van der Waals surface area contributed by atoms with Crippen molar-refractivity contribution >= 4 is 28.3 Å². The largest absolute Gasteiger partial charge is 0.494 e. The van der Waals surface area contributed by atoms with Crippen LogP contribution >= 0.6 is 22.6 Å². The molecule has 118 valence electrons. The molecule has 1 aliphatic carbocycles. The van der Waals surface area contributed by atoms with Gasteiger partial charge in [-0.1, -0.05) is 30.4 Å². The van der Waals surface area contributed by atoms with Crippen molar-refractivity contribution in [3.63, 3.8) is 0 Å². The first-order valence-electron chi connectivity index (χ1n) is 8.22. The van der Waals surface area contributed by atoms with Crippen LogP contribution in [0.3, 0.4) is 0 Å². The van der Waals surface area contributed by atoms with Gasteiger partial charge in [-0.05, 0) is 71.7 Å². The van der Waals surface area contributed by atoms with Gasteiger partial charge in [0.2, 0.25) is 0 Å². The van der Waals surface area contributed by atoms with Crippen molar-refractivity contribution in [2.75, 3.05) is 11.9 Å². The summed E-state index contributed by atoms with van der Waals surface area (Å²) in [6, 6.07) is 15.5. The minimum absolute atomic E-state index is 0.297. The number of allylic oxidation sites excluding steroid dienone is 2. The minimum Gasteiger partial charge on any atom is -0.494 e. The minimum atomic E-state index is 0.297. The van der Waals surface area contributed by atoms with Gasteiger partial charge in [-0.2, -0.15) is 0 Å². The van der Waals surface area contributed by atoms with E-state index < -0.39 is 0 Å². The summed E-state index contributed by atoms with van der Waals surface area (Å²) in [5.74, 6) is 2.06. The highest BCUT2D eigenvalue weighted by Gasteiger charge is 2.38.